The van der Waals surface area contributed by atoms with E-state index in [-0.39, 0.29) is 11.4 Å². The van der Waals surface area contributed by atoms with Gasteiger partial charge in [0.05, 0.1) is 33.7 Å². The molecule has 0 saturated heterocycles. The van der Waals surface area contributed by atoms with Crippen molar-refractivity contribution in [3.8, 4) is 0 Å². The van der Waals surface area contributed by atoms with E-state index in [0.29, 0.717) is 35.6 Å². The number of aromatic nitrogens is 4. The number of carbonyl (C=O) groups excluding carboxylic acids is 2. The number of Topliss-reactive ketones (excluding diaryl/α,β-unsaturated/α-hetero) is 1. The molecule has 3 aromatic rings. The molecule has 30 heavy (non-hydrogen) atoms. The van der Waals surface area contributed by atoms with Crippen LogP contribution in [0.5, 0.6) is 0 Å². The second kappa shape index (κ2) is 8.19. The van der Waals surface area contributed by atoms with Gasteiger partial charge in [0.1, 0.15) is 12.4 Å². The Bertz CT molecular complexity index is 1110. The van der Waals surface area contributed by atoms with Gasteiger partial charge >= 0.3 is 0 Å². The van der Waals surface area contributed by atoms with Crippen LogP contribution >= 0.6 is 11.3 Å². The van der Waals surface area contributed by atoms with Crippen molar-refractivity contribution in [1.82, 2.24) is 19.9 Å². The fourth-order valence-electron chi connectivity index (χ4n) is 3.75. The van der Waals surface area contributed by atoms with Gasteiger partial charge < -0.3 is 10.0 Å². The van der Waals surface area contributed by atoms with Gasteiger partial charge in [0, 0.05) is 25.4 Å². The lowest BCUT2D eigenvalue weighted by atomic mass is 9.96. The van der Waals surface area contributed by atoms with Gasteiger partial charge in [-0.05, 0) is 25.5 Å². The molecule has 1 aliphatic rings. The standard InChI is InChI=1S/C21H21N5O3S/c1-13-20(30-14(2)24-13)18(27)16-17(15-5-3-6-22-11-15)26(21(29)19(16)28)9-4-8-25-10-7-23-12-25/h3,5-7,10-12,17H,4,8-9H2,1-2H3,(H,27,28)/p+1. The Hall–Kier alpha value is -3.33. The molecule has 2 N–H and O–H groups in total. The third kappa shape index (κ3) is 3.63. The molecular weight excluding hydrogens is 402 g/mol. The third-order valence-electron chi connectivity index (χ3n) is 5.08. The molecule has 1 atom stereocenters. The van der Waals surface area contributed by atoms with E-state index in [1.54, 1.807) is 30.3 Å². The van der Waals surface area contributed by atoms with Gasteiger partial charge in [-0.25, -0.2) is 9.55 Å². The van der Waals surface area contributed by atoms with Crippen molar-refractivity contribution in [1.29, 1.82) is 0 Å². The van der Waals surface area contributed by atoms with Crippen molar-refractivity contribution >= 4 is 23.0 Å². The second-order valence-electron chi connectivity index (χ2n) is 7.13. The zero-order valence-electron chi connectivity index (χ0n) is 16.7. The quantitative estimate of drug-likeness (QED) is 0.448. The molecule has 3 aromatic heterocycles. The molecule has 154 valence electrons. The van der Waals surface area contributed by atoms with Crippen LogP contribution in [0.4, 0.5) is 0 Å². The van der Waals surface area contributed by atoms with E-state index >= 15 is 0 Å². The summed E-state index contributed by atoms with van der Waals surface area (Å²) in [5.41, 5.74) is 1.38. The predicted octanol–water partition coefficient (Wildman–Crippen LogP) is 2.44. The summed E-state index contributed by atoms with van der Waals surface area (Å²) >= 11 is 1.27. The summed E-state index contributed by atoms with van der Waals surface area (Å²) in [7, 11) is 0. The molecule has 0 bridgehead atoms. The molecule has 8 nitrogen and oxygen atoms in total. The number of H-pyrrole nitrogens is 1. The molecule has 1 amide bonds. The number of hydrogen-bond acceptors (Lipinski definition) is 6. The average Bonchev–Trinajstić information content (AvgIpc) is 3.43. The zero-order valence-corrected chi connectivity index (χ0v) is 17.5. The number of imidazole rings is 1. The number of carbonyl (C=O) groups is 2. The lowest BCUT2D eigenvalue weighted by Gasteiger charge is -2.26. The number of aliphatic hydroxyl groups excluding tert-OH is 1. The molecule has 0 radical (unpaired) electrons. The zero-order chi connectivity index (χ0) is 21.3. The van der Waals surface area contributed by atoms with E-state index in [1.165, 1.54) is 11.3 Å². The summed E-state index contributed by atoms with van der Waals surface area (Å²) in [6, 6.07) is 2.89. The molecular formula is C21H22N5O3S+. The number of pyridine rings is 1. The van der Waals surface area contributed by atoms with E-state index in [0.717, 1.165) is 5.01 Å². The van der Waals surface area contributed by atoms with Crippen molar-refractivity contribution in [2.24, 2.45) is 0 Å². The average molecular weight is 425 g/mol. The maximum atomic E-state index is 13.4. The van der Waals surface area contributed by atoms with E-state index < -0.39 is 17.7 Å². The largest absolute Gasteiger partial charge is 0.503 e. The number of rotatable bonds is 7. The van der Waals surface area contributed by atoms with Crippen LogP contribution in [-0.2, 0) is 11.3 Å². The molecule has 4 rings (SSSR count). The Kier molecular flexibility index (Phi) is 5.45. The van der Waals surface area contributed by atoms with Crippen LogP contribution in [0.1, 0.15) is 38.4 Å². The van der Waals surface area contributed by atoms with Crippen LogP contribution in [0, 0.1) is 13.8 Å². The minimum atomic E-state index is -0.684. The number of amides is 1. The summed E-state index contributed by atoms with van der Waals surface area (Å²) in [5, 5.41) is 11.5. The number of hydrogen-bond donors (Lipinski definition) is 2. The smallest absolute Gasteiger partial charge is 0.290 e. The molecule has 0 aliphatic carbocycles. The molecule has 0 fully saturated rings. The first-order chi connectivity index (χ1) is 14.5. The first-order valence-corrected chi connectivity index (χ1v) is 10.4. The second-order valence-corrected chi connectivity index (χ2v) is 8.33. The minimum absolute atomic E-state index is 0.0917. The Morgan fingerprint density at radius 3 is 2.87 bits per heavy atom. The number of nitrogens with one attached hydrogen (secondary N) is 1. The number of aliphatic hydroxyl groups is 1. The lowest BCUT2D eigenvalue weighted by molar-refractivity contribution is -0.695. The predicted molar refractivity (Wildman–Crippen MR) is 110 cm³/mol. The lowest BCUT2D eigenvalue weighted by Crippen LogP contribution is -2.36. The first-order valence-electron chi connectivity index (χ1n) is 9.62. The maximum Gasteiger partial charge on any atom is 0.290 e. The van der Waals surface area contributed by atoms with Gasteiger partial charge in [-0.15, -0.1) is 11.3 Å². The van der Waals surface area contributed by atoms with E-state index in [4.69, 9.17) is 0 Å². The fraction of sp³-hybridized carbons (Fsp3) is 0.286. The molecule has 1 aliphatic heterocycles. The van der Waals surface area contributed by atoms with Crippen LogP contribution in [-0.4, -0.2) is 43.2 Å². The summed E-state index contributed by atoms with van der Waals surface area (Å²) in [4.78, 5) is 39.8. The summed E-state index contributed by atoms with van der Waals surface area (Å²) in [5.74, 6) is -1.39. The van der Waals surface area contributed by atoms with Crippen LogP contribution in [0.15, 0.2) is 54.6 Å². The minimum Gasteiger partial charge on any atom is -0.503 e. The SMILES string of the molecule is Cc1nc(C)c(C(=O)C2=C(O)C(=O)N(CCC[n+]3cc[nH]c3)C2c2cccnc2)s1. The molecule has 0 spiro atoms. The Morgan fingerprint density at radius 1 is 1.40 bits per heavy atom. The van der Waals surface area contributed by atoms with Crippen molar-refractivity contribution in [2.75, 3.05) is 6.54 Å². The van der Waals surface area contributed by atoms with Crippen LogP contribution in [0.3, 0.4) is 0 Å². The summed E-state index contributed by atoms with van der Waals surface area (Å²) in [6.07, 6.45) is 9.49. The molecule has 0 aromatic carbocycles. The summed E-state index contributed by atoms with van der Waals surface area (Å²) in [6.45, 7) is 4.67. The maximum absolute atomic E-state index is 13.4. The van der Waals surface area contributed by atoms with Crippen molar-refractivity contribution in [2.45, 2.75) is 32.9 Å². The highest BCUT2D eigenvalue weighted by atomic mass is 32.1. The Morgan fingerprint density at radius 2 is 2.23 bits per heavy atom. The Labute approximate surface area is 177 Å². The fourth-order valence-corrected chi connectivity index (χ4v) is 4.62. The Balaban J connectivity index is 1.67. The van der Waals surface area contributed by atoms with Gasteiger partial charge in [0.2, 0.25) is 12.1 Å². The summed E-state index contributed by atoms with van der Waals surface area (Å²) < 4.78 is 1.97. The van der Waals surface area contributed by atoms with Gasteiger partial charge in [-0.2, -0.15) is 0 Å². The number of ketones is 1. The highest BCUT2D eigenvalue weighted by Gasteiger charge is 2.44. The monoisotopic (exact) mass is 424 g/mol. The van der Waals surface area contributed by atoms with E-state index in [2.05, 4.69) is 15.0 Å². The molecule has 4 heterocycles. The van der Waals surface area contributed by atoms with Crippen molar-refractivity contribution in [3.05, 3.63) is 75.7 Å². The molecule has 1 unspecified atom stereocenters. The van der Waals surface area contributed by atoms with E-state index in [1.807, 2.05) is 36.3 Å². The van der Waals surface area contributed by atoms with Crippen molar-refractivity contribution < 1.29 is 19.3 Å². The molecule has 9 heteroatoms. The molecule has 0 saturated carbocycles. The van der Waals surface area contributed by atoms with Crippen LogP contribution in [0.25, 0.3) is 0 Å². The van der Waals surface area contributed by atoms with Gasteiger partial charge in [0.25, 0.3) is 5.91 Å². The number of nitrogens with zero attached hydrogens (tertiary/aromatic N) is 4. The topological polar surface area (TPSA) is 103 Å². The normalized spacial score (nSPS) is 16.5. The van der Waals surface area contributed by atoms with Crippen LogP contribution in [0.2, 0.25) is 0 Å². The first kappa shape index (κ1) is 20.0. The van der Waals surface area contributed by atoms with Gasteiger partial charge in [-0.1, -0.05) is 6.07 Å². The highest BCUT2D eigenvalue weighted by Crippen LogP contribution is 2.39. The van der Waals surface area contributed by atoms with Gasteiger partial charge in [0.15, 0.2) is 5.76 Å². The van der Waals surface area contributed by atoms with Crippen molar-refractivity contribution in [3.63, 3.8) is 0 Å². The highest BCUT2D eigenvalue weighted by molar-refractivity contribution is 7.14. The van der Waals surface area contributed by atoms with Gasteiger partial charge in [-0.3, -0.25) is 19.6 Å². The number of thiazole rings is 1. The van der Waals surface area contributed by atoms with Crippen LogP contribution < -0.4 is 4.57 Å². The van der Waals surface area contributed by atoms with E-state index in [9.17, 15) is 14.7 Å². The number of aryl methyl sites for hydroxylation is 3. The third-order valence-corrected chi connectivity index (χ3v) is 6.15. The number of aromatic amines is 1.